The summed E-state index contributed by atoms with van der Waals surface area (Å²) in [5, 5.41) is 0.554. The number of hydrogen-bond acceptors (Lipinski definition) is 5. The Hall–Kier alpha value is -3.06. The lowest BCUT2D eigenvalue weighted by Crippen LogP contribution is -2.27. The molecule has 1 aliphatic heterocycles. The number of halogens is 1. The fourth-order valence-electron chi connectivity index (χ4n) is 3.58. The molecule has 1 saturated heterocycles. The smallest absolute Gasteiger partial charge is 0.266 e. The van der Waals surface area contributed by atoms with Crippen LogP contribution in [0.25, 0.3) is 6.08 Å². The molecule has 35 heavy (non-hydrogen) atoms. The van der Waals surface area contributed by atoms with Crippen LogP contribution in [0.4, 0.5) is 0 Å². The minimum Gasteiger partial charge on any atom is -0.490 e. The SMILES string of the molecule is C=CCc1ccccc1OCCOc1ccc(Cl)cc1C=C1SC(=S)N(Cc2ccccc2)C1=O. The normalized spacial score (nSPS) is 14.4. The van der Waals surface area contributed by atoms with Crippen LogP contribution in [-0.2, 0) is 17.8 Å². The van der Waals surface area contributed by atoms with Crippen LogP contribution in [0.3, 0.4) is 0 Å². The molecule has 0 aliphatic carbocycles. The molecular weight excluding hydrogens is 498 g/mol. The van der Waals surface area contributed by atoms with Gasteiger partial charge in [-0.2, -0.15) is 0 Å². The number of para-hydroxylation sites is 1. The molecule has 0 unspecified atom stereocenters. The first kappa shape index (κ1) is 25.0. The quantitative estimate of drug-likeness (QED) is 0.125. The summed E-state index contributed by atoms with van der Waals surface area (Å²) in [6.45, 7) is 4.93. The molecule has 4 rings (SSSR count). The van der Waals surface area contributed by atoms with E-state index in [0.29, 0.717) is 45.3 Å². The molecule has 4 nitrogen and oxygen atoms in total. The number of amides is 1. The highest BCUT2D eigenvalue weighted by atomic mass is 35.5. The molecule has 1 amide bonds. The van der Waals surface area contributed by atoms with Gasteiger partial charge in [-0.15, -0.1) is 6.58 Å². The molecule has 1 heterocycles. The Kier molecular flexibility index (Phi) is 8.64. The van der Waals surface area contributed by atoms with Gasteiger partial charge in [0.1, 0.15) is 29.0 Å². The van der Waals surface area contributed by atoms with E-state index in [4.69, 9.17) is 33.3 Å². The van der Waals surface area contributed by atoms with E-state index in [-0.39, 0.29) is 5.91 Å². The topological polar surface area (TPSA) is 38.8 Å². The van der Waals surface area contributed by atoms with Crippen molar-refractivity contribution in [3.05, 3.63) is 112 Å². The van der Waals surface area contributed by atoms with Gasteiger partial charge in [-0.05, 0) is 47.9 Å². The molecule has 3 aromatic carbocycles. The average molecular weight is 522 g/mol. The van der Waals surface area contributed by atoms with Crippen molar-refractivity contribution in [3.63, 3.8) is 0 Å². The van der Waals surface area contributed by atoms with E-state index in [0.717, 1.165) is 23.3 Å². The summed E-state index contributed by atoms with van der Waals surface area (Å²) in [4.78, 5) is 15.2. The largest absolute Gasteiger partial charge is 0.490 e. The van der Waals surface area contributed by atoms with Gasteiger partial charge in [0, 0.05) is 10.6 Å². The van der Waals surface area contributed by atoms with Gasteiger partial charge in [0.25, 0.3) is 5.91 Å². The van der Waals surface area contributed by atoms with Crippen LogP contribution in [-0.4, -0.2) is 28.3 Å². The Bertz CT molecular complexity index is 1260. The van der Waals surface area contributed by atoms with Gasteiger partial charge in [-0.3, -0.25) is 9.69 Å². The van der Waals surface area contributed by atoms with Crippen molar-refractivity contribution in [1.29, 1.82) is 0 Å². The highest BCUT2D eigenvalue weighted by molar-refractivity contribution is 8.26. The fraction of sp³-hybridized carbons (Fsp3) is 0.143. The number of allylic oxidation sites excluding steroid dienone is 1. The Morgan fingerprint density at radius 1 is 0.971 bits per heavy atom. The van der Waals surface area contributed by atoms with Crippen LogP contribution >= 0.6 is 35.6 Å². The van der Waals surface area contributed by atoms with Gasteiger partial charge in [-0.25, -0.2) is 0 Å². The van der Waals surface area contributed by atoms with Gasteiger partial charge in [0.05, 0.1) is 11.4 Å². The number of rotatable bonds is 10. The average Bonchev–Trinajstić information content (AvgIpc) is 3.12. The molecule has 0 saturated carbocycles. The number of carbonyl (C=O) groups is 1. The van der Waals surface area contributed by atoms with Crippen molar-refractivity contribution in [2.24, 2.45) is 0 Å². The second-order valence-corrected chi connectivity index (χ2v) is 9.85. The Morgan fingerprint density at radius 2 is 1.69 bits per heavy atom. The van der Waals surface area contributed by atoms with Crippen molar-refractivity contribution in [3.8, 4) is 11.5 Å². The van der Waals surface area contributed by atoms with E-state index in [1.165, 1.54) is 11.8 Å². The van der Waals surface area contributed by atoms with Crippen LogP contribution in [0, 0.1) is 0 Å². The number of thioether (sulfide) groups is 1. The van der Waals surface area contributed by atoms with Gasteiger partial charge >= 0.3 is 0 Å². The molecule has 1 fully saturated rings. The van der Waals surface area contributed by atoms with E-state index in [1.807, 2.05) is 60.7 Å². The van der Waals surface area contributed by atoms with Crippen molar-refractivity contribution < 1.29 is 14.3 Å². The molecular formula is C28H24ClNO3S2. The molecule has 3 aromatic rings. The number of nitrogens with zero attached hydrogens (tertiary/aromatic N) is 1. The van der Waals surface area contributed by atoms with E-state index >= 15 is 0 Å². The zero-order valence-electron chi connectivity index (χ0n) is 19.0. The predicted octanol–water partition coefficient (Wildman–Crippen LogP) is 6.93. The maximum absolute atomic E-state index is 13.1. The third kappa shape index (κ3) is 6.54. The van der Waals surface area contributed by atoms with Crippen molar-refractivity contribution >= 4 is 51.9 Å². The van der Waals surface area contributed by atoms with Crippen LogP contribution in [0.2, 0.25) is 5.02 Å². The van der Waals surface area contributed by atoms with E-state index in [1.54, 1.807) is 29.2 Å². The van der Waals surface area contributed by atoms with E-state index in [9.17, 15) is 4.79 Å². The highest BCUT2D eigenvalue weighted by Crippen LogP contribution is 2.36. The number of ether oxygens (including phenoxy) is 2. The summed E-state index contributed by atoms with van der Waals surface area (Å²) in [7, 11) is 0. The zero-order valence-corrected chi connectivity index (χ0v) is 21.4. The lowest BCUT2D eigenvalue weighted by molar-refractivity contribution is -0.122. The molecule has 0 atom stereocenters. The second-order valence-electron chi connectivity index (χ2n) is 7.73. The number of benzene rings is 3. The standard InChI is InChI=1S/C28H24ClNO3S2/c1-2-8-21-11-6-7-12-24(21)32-15-16-33-25-14-13-23(29)17-22(25)18-26-27(31)30(28(34)35-26)19-20-9-4-3-5-10-20/h2-7,9-14,17-18H,1,8,15-16,19H2. The van der Waals surface area contributed by atoms with Gasteiger partial charge < -0.3 is 9.47 Å². The fourth-order valence-corrected chi connectivity index (χ4v) is 5.01. The van der Waals surface area contributed by atoms with E-state index in [2.05, 4.69) is 6.58 Å². The monoisotopic (exact) mass is 521 g/mol. The van der Waals surface area contributed by atoms with Crippen LogP contribution in [0.5, 0.6) is 11.5 Å². The number of carbonyl (C=O) groups excluding carboxylic acids is 1. The van der Waals surface area contributed by atoms with Crippen LogP contribution in [0.15, 0.2) is 90.4 Å². The molecule has 0 bridgehead atoms. The third-order valence-electron chi connectivity index (χ3n) is 5.25. The molecule has 0 N–H and O–H groups in total. The predicted molar refractivity (Wildman–Crippen MR) is 148 cm³/mol. The lowest BCUT2D eigenvalue weighted by Gasteiger charge is -2.14. The minimum atomic E-state index is -0.128. The lowest BCUT2D eigenvalue weighted by atomic mass is 10.1. The first-order valence-corrected chi connectivity index (χ1v) is 12.7. The number of hydrogen-bond donors (Lipinski definition) is 0. The summed E-state index contributed by atoms with van der Waals surface area (Å²) in [5.41, 5.74) is 2.81. The Morgan fingerprint density at radius 3 is 2.46 bits per heavy atom. The highest BCUT2D eigenvalue weighted by Gasteiger charge is 2.32. The third-order valence-corrected chi connectivity index (χ3v) is 6.86. The summed E-state index contributed by atoms with van der Waals surface area (Å²) in [6.07, 6.45) is 4.37. The summed E-state index contributed by atoms with van der Waals surface area (Å²) < 4.78 is 12.4. The van der Waals surface area contributed by atoms with Crippen molar-refractivity contribution in [2.45, 2.75) is 13.0 Å². The summed E-state index contributed by atoms with van der Waals surface area (Å²) >= 11 is 13.0. The number of thiocarbonyl (C=S) groups is 1. The van der Waals surface area contributed by atoms with Gasteiger partial charge in [0.2, 0.25) is 0 Å². The maximum Gasteiger partial charge on any atom is 0.266 e. The second kappa shape index (κ2) is 12.1. The molecule has 0 aromatic heterocycles. The summed E-state index contributed by atoms with van der Waals surface area (Å²) in [5.74, 6) is 1.30. The first-order chi connectivity index (χ1) is 17.0. The van der Waals surface area contributed by atoms with E-state index < -0.39 is 0 Å². The molecule has 0 radical (unpaired) electrons. The first-order valence-electron chi connectivity index (χ1n) is 11.1. The summed E-state index contributed by atoms with van der Waals surface area (Å²) in [6, 6.07) is 23.0. The Balaban J connectivity index is 1.43. The Labute approximate surface area is 220 Å². The van der Waals surface area contributed by atoms with Crippen LogP contribution < -0.4 is 9.47 Å². The molecule has 178 valence electrons. The zero-order chi connectivity index (χ0) is 24.6. The van der Waals surface area contributed by atoms with Crippen molar-refractivity contribution in [2.75, 3.05) is 13.2 Å². The molecule has 1 aliphatic rings. The maximum atomic E-state index is 13.1. The van der Waals surface area contributed by atoms with Crippen molar-refractivity contribution in [1.82, 2.24) is 4.90 Å². The minimum absolute atomic E-state index is 0.128. The van der Waals surface area contributed by atoms with Crippen LogP contribution in [0.1, 0.15) is 16.7 Å². The molecule has 7 heteroatoms. The molecule has 0 spiro atoms. The van der Waals surface area contributed by atoms with Gasteiger partial charge in [0.15, 0.2) is 0 Å². The van der Waals surface area contributed by atoms with Gasteiger partial charge in [-0.1, -0.05) is 90.2 Å².